The molecule has 0 aliphatic carbocycles. The molecule has 0 spiro atoms. The van der Waals surface area contributed by atoms with Crippen LogP contribution < -0.4 is 4.74 Å². The summed E-state index contributed by atoms with van der Waals surface area (Å²) in [6, 6.07) is 9.91. The third-order valence-corrected chi connectivity index (χ3v) is 4.65. The fourth-order valence-electron chi connectivity index (χ4n) is 2.93. The van der Waals surface area contributed by atoms with Gasteiger partial charge in [0.25, 0.3) is 0 Å². The number of aromatic nitrogens is 1. The molecule has 0 fully saturated rings. The third kappa shape index (κ3) is 7.40. The lowest BCUT2D eigenvalue weighted by Crippen LogP contribution is -2.05. The van der Waals surface area contributed by atoms with Crippen LogP contribution >= 0.6 is 0 Å². The zero-order valence-corrected chi connectivity index (χ0v) is 17.4. The number of nitrogens with zero attached hydrogens (tertiary/aromatic N) is 4. The van der Waals surface area contributed by atoms with Crippen LogP contribution in [0.25, 0.3) is 22.6 Å². The first-order valence-corrected chi connectivity index (χ1v) is 10.1. The van der Waals surface area contributed by atoms with Crippen LogP contribution in [0.2, 0.25) is 0 Å². The van der Waals surface area contributed by atoms with Crippen molar-refractivity contribution in [3.05, 3.63) is 93.3 Å². The van der Waals surface area contributed by atoms with Crippen LogP contribution in [0, 0.1) is 5.82 Å². The van der Waals surface area contributed by atoms with Crippen molar-refractivity contribution in [1.29, 1.82) is 0 Å². The van der Waals surface area contributed by atoms with Crippen molar-refractivity contribution < 1.29 is 26.7 Å². The van der Waals surface area contributed by atoms with Gasteiger partial charge >= 0.3 is 6.18 Å². The number of hydrogen-bond acceptors (Lipinski definition) is 4. The van der Waals surface area contributed by atoms with E-state index in [1.165, 1.54) is 18.4 Å². The Morgan fingerprint density at radius 2 is 1.88 bits per heavy atom. The van der Waals surface area contributed by atoms with E-state index in [0.717, 1.165) is 37.0 Å². The molecule has 33 heavy (non-hydrogen) atoms. The van der Waals surface area contributed by atoms with Crippen molar-refractivity contribution in [2.45, 2.75) is 32.0 Å². The van der Waals surface area contributed by atoms with Gasteiger partial charge in [-0.05, 0) is 60.7 Å². The minimum absolute atomic E-state index is 0.0168. The Hall–Kier alpha value is -3.78. The lowest BCUT2D eigenvalue weighted by Gasteiger charge is -2.07. The van der Waals surface area contributed by atoms with Gasteiger partial charge in [0.15, 0.2) is 0 Å². The normalized spacial score (nSPS) is 11.5. The molecule has 1 heterocycles. The average molecular weight is 460 g/mol. The van der Waals surface area contributed by atoms with Gasteiger partial charge < -0.3 is 9.15 Å². The molecule has 0 unspecified atom stereocenters. The molecule has 1 aromatic heterocycles. The fourth-order valence-corrected chi connectivity index (χ4v) is 2.93. The van der Waals surface area contributed by atoms with E-state index < -0.39 is 17.6 Å². The van der Waals surface area contributed by atoms with Crippen LogP contribution in [0.4, 0.5) is 17.6 Å². The molecule has 6 nitrogen and oxygen atoms in total. The van der Waals surface area contributed by atoms with E-state index in [1.54, 1.807) is 0 Å². The molecule has 2 aromatic carbocycles. The van der Waals surface area contributed by atoms with E-state index in [9.17, 15) is 17.6 Å². The summed E-state index contributed by atoms with van der Waals surface area (Å²) in [5.74, 6) is -0.168. The molecule has 0 N–H and O–H groups in total. The predicted octanol–water partition coefficient (Wildman–Crippen LogP) is 7.21. The fraction of sp³-hybridized carbons (Fsp3) is 0.261. The van der Waals surface area contributed by atoms with Gasteiger partial charge in [-0.3, -0.25) is 0 Å². The van der Waals surface area contributed by atoms with E-state index in [1.807, 2.05) is 24.3 Å². The Kier molecular flexibility index (Phi) is 8.10. The summed E-state index contributed by atoms with van der Waals surface area (Å²) in [5.41, 5.74) is 8.83. The van der Waals surface area contributed by atoms with Crippen LogP contribution in [0.15, 0.2) is 58.3 Å². The first-order chi connectivity index (χ1) is 15.8. The first kappa shape index (κ1) is 23.9. The van der Waals surface area contributed by atoms with Gasteiger partial charge in [-0.15, -0.1) is 0 Å². The molecule has 0 amide bonds. The lowest BCUT2D eigenvalue weighted by molar-refractivity contribution is -0.137. The quantitative estimate of drug-likeness (QED) is 0.105. The molecule has 10 heteroatoms. The molecule has 0 saturated carbocycles. The number of benzene rings is 2. The van der Waals surface area contributed by atoms with Crippen molar-refractivity contribution >= 4 is 12.2 Å². The van der Waals surface area contributed by atoms with E-state index in [4.69, 9.17) is 14.7 Å². The highest BCUT2D eigenvalue weighted by Gasteiger charge is 2.30. The summed E-state index contributed by atoms with van der Waals surface area (Å²) < 4.78 is 62.7. The zero-order chi connectivity index (χ0) is 23.7. The SMILES string of the molecule is [N-]=[N+]=NCCCCc1ccc(OCc2coc(/C=C/c3ccc(C(F)(F)F)cc3F)n2)cc1. The number of azide groups is 1. The van der Waals surface area contributed by atoms with Gasteiger partial charge in [-0.25, -0.2) is 9.37 Å². The highest BCUT2D eigenvalue weighted by molar-refractivity contribution is 5.66. The first-order valence-electron chi connectivity index (χ1n) is 10.1. The lowest BCUT2D eigenvalue weighted by atomic mass is 10.1. The van der Waals surface area contributed by atoms with Crippen LogP contribution in [0.3, 0.4) is 0 Å². The van der Waals surface area contributed by atoms with Crippen LogP contribution in [-0.2, 0) is 19.2 Å². The van der Waals surface area contributed by atoms with Crippen molar-refractivity contribution in [2.75, 3.05) is 6.54 Å². The zero-order valence-electron chi connectivity index (χ0n) is 17.4. The minimum Gasteiger partial charge on any atom is -0.487 e. The highest BCUT2D eigenvalue weighted by atomic mass is 19.4. The monoisotopic (exact) mass is 460 g/mol. The maximum atomic E-state index is 13.9. The van der Waals surface area contributed by atoms with E-state index in [-0.39, 0.29) is 18.1 Å². The topological polar surface area (TPSA) is 84.0 Å². The van der Waals surface area contributed by atoms with Gasteiger partial charge in [0, 0.05) is 23.1 Å². The Labute approximate surface area is 187 Å². The molecule has 172 valence electrons. The van der Waals surface area contributed by atoms with Crippen molar-refractivity contribution in [3.63, 3.8) is 0 Å². The molecule has 0 aliphatic rings. The summed E-state index contributed by atoms with van der Waals surface area (Å²) >= 11 is 0. The molecule has 0 saturated heterocycles. The number of unbranched alkanes of at least 4 members (excludes halogenated alkanes) is 1. The Bertz CT molecular complexity index is 1130. The summed E-state index contributed by atoms with van der Waals surface area (Å²) in [6.45, 7) is 0.642. The molecule has 0 radical (unpaired) electrons. The number of rotatable bonds is 10. The Balaban J connectivity index is 1.50. The number of alkyl halides is 3. The number of ether oxygens (including phenoxy) is 1. The van der Waals surface area contributed by atoms with Gasteiger partial charge in [0.2, 0.25) is 5.89 Å². The second-order valence-electron chi connectivity index (χ2n) is 7.09. The minimum atomic E-state index is -4.60. The van der Waals surface area contributed by atoms with E-state index >= 15 is 0 Å². The molecule has 0 aliphatic heterocycles. The Morgan fingerprint density at radius 1 is 1.09 bits per heavy atom. The summed E-state index contributed by atoms with van der Waals surface area (Å²) in [4.78, 5) is 6.91. The average Bonchev–Trinajstić information content (AvgIpc) is 3.25. The second kappa shape index (κ2) is 11.2. The van der Waals surface area contributed by atoms with Gasteiger partial charge in [0.1, 0.15) is 30.1 Å². The van der Waals surface area contributed by atoms with Crippen molar-refractivity contribution in [2.24, 2.45) is 5.11 Å². The Morgan fingerprint density at radius 3 is 2.58 bits per heavy atom. The second-order valence-corrected chi connectivity index (χ2v) is 7.09. The molecular formula is C23H20F4N4O2. The smallest absolute Gasteiger partial charge is 0.416 e. The maximum Gasteiger partial charge on any atom is 0.416 e. The predicted molar refractivity (Wildman–Crippen MR) is 115 cm³/mol. The summed E-state index contributed by atoms with van der Waals surface area (Å²) in [5, 5.41) is 3.50. The molecule has 0 atom stereocenters. The van der Waals surface area contributed by atoms with Crippen LogP contribution in [-0.4, -0.2) is 11.5 Å². The van der Waals surface area contributed by atoms with Crippen LogP contribution in [0.1, 0.15) is 41.1 Å². The number of halogens is 4. The molecule has 0 bridgehead atoms. The largest absolute Gasteiger partial charge is 0.487 e. The highest BCUT2D eigenvalue weighted by Crippen LogP contribution is 2.30. The molecule has 3 aromatic rings. The van der Waals surface area contributed by atoms with Crippen molar-refractivity contribution in [1.82, 2.24) is 4.98 Å². The van der Waals surface area contributed by atoms with Gasteiger partial charge in [-0.1, -0.05) is 23.3 Å². The van der Waals surface area contributed by atoms with Crippen LogP contribution in [0.5, 0.6) is 5.75 Å². The third-order valence-electron chi connectivity index (χ3n) is 4.65. The van der Waals surface area contributed by atoms with Gasteiger partial charge in [-0.2, -0.15) is 13.2 Å². The van der Waals surface area contributed by atoms with E-state index in [2.05, 4.69) is 15.0 Å². The molecular weight excluding hydrogens is 440 g/mol. The summed E-state index contributed by atoms with van der Waals surface area (Å²) in [7, 11) is 0. The van der Waals surface area contributed by atoms with E-state index in [0.29, 0.717) is 24.1 Å². The summed E-state index contributed by atoms with van der Waals surface area (Å²) in [6.07, 6.45) is 2.07. The van der Waals surface area contributed by atoms with Crippen molar-refractivity contribution in [3.8, 4) is 5.75 Å². The molecule has 3 rings (SSSR count). The maximum absolute atomic E-state index is 13.9. The number of hydrogen-bond donors (Lipinski definition) is 0. The van der Waals surface area contributed by atoms with Gasteiger partial charge in [0.05, 0.1) is 5.56 Å². The number of oxazole rings is 1. The standard InChI is InChI=1S/C23H20F4N4O2/c24-21-13-18(23(25,26)27)8-6-17(21)7-11-22-30-19(15-33-22)14-32-20-9-4-16(5-10-20)3-1-2-12-29-31-28/h4-11,13,15H,1-3,12,14H2/b11-7+. The number of aryl methyl sites for hydroxylation is 1.